The van der Waals surface area contributed by atoms with Crippen LogP contribution in [-0.4, -0.2) is 54.0 Å². The van der Waals surface area contributed by atoms with E-state index in [-0.39, 0.29) is 11.6 Å². The summed E-state index contributed by atoms with van der Waals surface area (Å²) in [4.78, 5) is 32.1. The lowest BCUT2D eigenvalue weighted by Gasteiger charge is -2.23. The van der Waals surface area contributed by atoms with Crippen LogP contribution < -0.4 is 9.64 Å². The van der Waals surface area contributed by atoms with Gasteiger partial charge in [0.05, 0.1) is 16.7 Å². The van der Waals surface area contributed by atoms with Crippen molar-refractivity contribution in [2.75, 3.05) is 38.2 Å². The molecule has 0 aliphatic heterocycles. The van der Waals surface area contributed by atoms with Crippen LogP contribution in [0.3, 0.4) is 0 Å². The number of methoxy groups -OCH3 is 1. The molecule has 0 N–H and O–H groups in total. The summed E-state index contributed by atoms with van der Waals surface area (Å²) in [5.74, 6) is 0.469. The van der Waals surface area contributed by atoms with Crippen molar-refractivity contribution in [3.63, 3.8) is 0 Å². The van der Waals surface area contributed by atoms with Crippen molar-refractivity contribution < 1.29 is 14.5 Å². The van der Waals surface area contributed by atoms with E-state index >= 15 is 0 Å². The Bertz CT molecular complexity index is 1110. The number of rotatable bonds is 10. The van der Waals surface area contributed by atoms with Crippen molar-refractivity contribution in [3.05, 3.63) is 64.2 Å². The summed E-state index contributed by atoms with van der Waals surface area (Å²) in [5.41, 5.74) is 1.45. The standard InChI is InChI=1S/C23H26N4O4S/c1-4-25(5-2)15-16-26(23-24-22-19(31-3)7-6-8-20(22)32-23)21(28)14-11-17-9-12-18(13-10-17)27(29)30/h6-14H,4-5,15-16H2,1-3H3/b14-11-. The molecule has 168 valence electrons. The van der Waals surface area contributed by atoms with E-state index < -0.39 is 4.92 Å². The fraction of sp³-hybridized carbons (Fsp3) is 0.304. The van der Waals surface area contributed by atoms with Crippen molar-refractivity contribution in [1.82, 2.24) is 9.88 Å². The molecule has 0 radical (unpaired) electrons. The van der Waals surface area contributed by atoms with Gasteiger partial charge in [0.25, 0.3) is 11.6 Å². The molecule has 3 rings (SSSR count). The molecule has 8 nitrogen and oxygen atoms in total. The van der Waals surface area contributed by atoms with Gasteiger partial charge in [0.2, 0.25) is 0 Å². The number of fused-ring (bicyclic) bond motifs is 1. The van der Waals surface area contributed by atoms with Crippen molar-refractivity contribution in [3.8, 4) is 5.75 Å². The van der Waals surface area contributed by atoms with E-state index in [1.807, 2.05) is 18.2 Å². The molecule has 2 aromatic carbocycles. The number of likely N-dealkylation sites (N-methyl/N-ethyl adjacent to an activating group) is 1. The van der Waals surface area contributed by atoms with Crippen molar-refractivity contribution in [1.29, 1.82) is 0 Å². The Labute approximate surface area is 190 Å². The van der Waals surface area contributed by atoms with Gasteiger partial charge in [-0.3, -0.25) is 19.8 Å². The third kappa shape index (κ3) is 5.49. The summed E-state index contributed by atoms with van der Waals surface area (Å²) >= 11 is 1.44. The van der Waals surface area contributed by atoms with Gasteiger partial charge < -0.3 is 9.64 Å². The highest BCUT2D eigenvalue weighted by Crippen LogP contribution is 2.34. The third-order valence-corrected chi connectivity index (χ3v) is 6.19. The minimum Gasteiger partial charge on any atom is -0.494 e. The Balaban J connectivity index is 1.88. The second-order valence-corrected chi connectivity index (χ2v) is 8.01. The van der Waals surface area contributed by atoms with E-state index in [1.165, 1.54) is 29.5 Å². The second-order valence-electron chi connectivity index (χ2n) is 7.00. The lowest BCUT2D eigenvalue weighted by molar-refractivity contribution is -0.384. The number of benzene rings is 2. The van der Waals surface area contributed by atoms with Crippen LogP contribution in [0.4, 0.5) is 10.8 Å². The fourth-order valence-electron chi connectivity index (χ4n) is 3.24. The first-order chi connectivity index (χ1) is 15.5. The van der Waals surface area contributed by atoms with Crippen LogP contribution in [0.25, 0.3) is 16.3 Å². The van der Waals surface area contributed by atoms with Crippen LogP contribution in [0.15, 0.2) is 48.5 Å². The molecular formula is C23H26N4O4S. The maximum Gasteiger partial charge on any atom is 0.269 e. The Hall–Kier alpha value is -3.30. The van der Waals surface area contributed by atoms with E-state index in [4.69, 9.17) is 9.72 Å². The lowest BCUT2D eigenvalue weighted by atomic mass is 10.2. The van der Waals surface area contributed by atoms with Gasteiger partial charge in [-0.25, -0.2) is 4.98 Å². The highest BCUT2D eigenvalue weighted by Gasteiger charge is 2.20. The van der Waals surface area contributed by atoms with Crippen LogP contribution >= 0.6 is 11.3 Å². The summed E-state index contributed by atoms with van der Waals surface area (Å²) < 4.78 is 6.36. The average Bonchev–Trinajstić information content (AvgIpc) is 3.24. The predicted octanol–water partition coefficient (Wildman–Crippen LogP) is 4.60. The normalized spacial score (nSPS) is 11.4. The molecule has 0 aliphatic carbocycles. The van der Waals surface area contributed by atoms with Crippen LogP contribution in [-0.2, 0) is 4.79 Å². The number of thiazole rings is 1. The molecule has 1 amide bonds. The molecule has 0 spiro atoms. The van der Waals surface area contributed by atoms with Gasteiger partial charge in [0.15, 0.2) is 5.13 Å². The number of ether oxygens (including phenoxy) is 1. The first kappa shape index (κ1) is 23.4. The quantitative estimate of drug-likeness (QED) is 0.253. The number of aromatic nitrogens is 1. The highest BCUT2D eigenvalue weighted by molar-refractivity contribution is 7.22. The first-order valence-electron chi connectivity index (χ1n) is 10.4. The lowest BCUT2D eigenvalue weighted by Crippen LogP contribution is -2.38. The van der Waals surface area contributed by atoms with Crippen LogP contribution in [0.2, 0.25) is 0 Å². The monoisotopic (exact) mass is 454 g/mol. The van der Waals surface area contributed by atoms with Gasteiger partial charge in [0, 0.05) is 31.3 Å². The molecule has 0 bridgehead atoms. The number of carbonyl (C=O) groups excluding carboxylic acids is 1. The van der Waals surface area contributed by atoms with Crippen molar-refractivity contribution in [2.24, 2.45) is 0 Å². The molecule has 32 heavy (non-hydrogen) atoms. The molecule has 9 heteroatoms. The molecule has 0 saturated carbocycles. The van der Waals surface area contributed by atoms with E-state index in [0.717, 1.165) is 29.9 Å². The maximum absolute atomic E-state index is 13.2. The van der Waals surface area contributed by atoms with Gasteiger partial charge in [-0.05, 0) is 49.0 Å². The number of nitro benzene ring substituents is 1. The zero-order valence-electron chi connectivity index (χ0n) is 18.4. The minimum absolute atomic E-state index is 0.0118. The Morgan fingerprint density at radius 1 is 1.16 bits per heavy atom. The Kier molecular flexibility index (Phi) is 7.91. The van der Waals surface area contributed by atoms with Gasteiger partial charge in [0.1, 0.15) is 11.3 Å². The number of para-hydroxylation sites is 1. The number of nitrogens with zero attached hydrogens (tertiary/aromatic N) is 4. The molecule has 1 heterocycles. The zero-order valence-corrected chi connectivity index (χ0v) is 19.2. The van der Waals surface area contributed by atoms with Crippen LogP contribution in [0, 0.1) is 10.1 Å². The third-order valence-electron chi connectivity index (χ3n) is 5.14. The second kappa shape index (κ2) is 10.8. The molecule has 1 aromatic heterocycles. The summed E-state index contributed by atoms with van der Waals surface area (Å²) in [7, 11) is 1.60. The SMILES string of the molecule is CCN(CC)CCN(C(=O)/C=C\c1ccc([N+](=O)[O-])cc1)c1nc2c(OC)cccc2s1. The number of anilines is 1. The molecule has 0 aliphatic rings. The summed E-state index contributed by atoms with van der Waals surface area (Å²) in [6.07, 6.45) is 3.14. The van der Waals surface area contributed by atoms with Gasteiger partial charge in [-0.15, -0.1) is 0 Å². The van der Waals surface area contributed by atoms with Crippen LogP contribution in [0.5, 0.6) is 5.75 Å². The molecule has 3 aromatic rings. The zero-order chi connectivity index (χ0) is 23.1. The highest BCUT2D eigenvalue weighted by atomic mass is 32.1. The number of non-ortho nitro benzene ring substituents is 1. The van der Waals surface area contributed by atoms with Crippen LogP contribution in [0.1, 0.15) is 19.4 Å². The largest absolute Gasteiger partial charge is 0.494 e. The fourth-order valence-corrected chi connectivity index (χ4v) is 4.25. The number of carbonyl (C=O) groups is 1. The number of amides is 1. The number of hydrogen-bond acceptors (Lipinski definition) is 7. The predicted molar refractivity (Wildman–Crippen MR) is 128 cm³/mol. The van der Waals surface area contributed by atoms with Gasteiger partial charge in [-0.2, -0.15) is 0 Å². The van der Waals surface area contributed by atoms with E-state index in [0.29, 0.717) is 23.0 Å². The van der Waals surface area contributed by atoms with Crippen molar-refractivity contribution in [2.45, 2.75) is 13.8 Å². The molecular weight excluding hydrogens is 428 g/mol. The van der Waals surface area contributed by atoms with Gasteiger partial charge >= 0.3 is 0 Å². The maximum atomic E-state index is 13.2. The van der Waals surface area contributed by atoms with Gasteiger partial charge in [-0.1, -0.05) is 31.3 Å². The summed E-state index contributed by atoms with van der Waals surface area (Å²) in [5, 5.41) is 11.4. The Morgan fingerprint density at radius 2 is 1.88 bits per heavy atom. The smallest absolute Gasteiger partial charge is 0.269 e. The Morgan fingerprint density at radius 3 is 2.50 bits per heavy atom. The number of nitro groups is 1. The summed E-state index contributed by atoms with van der Waals surface area (Å²) in [6, 6.07) is 11.8. The first-order valence-corrected chi connectivity index (χ1v) is 11.2. The van der Waals surface area contributed by atoms with E-state index in [9.17, 15) is 14.9 Å². The van der Waals surface area contributed by atoms with E-state index in [1.54, 1.807) is 30.2 Å². The van der Waals surface area contributed by atoms with Crippen molar-refractivity contribution >= 4 is 44.4 Å². The summed E-state index contributed by atoms with van der Waals surface area (Å²) in [6.45, 7) is 7.18. The average molecular weight is 455 g/mol. The molecule has 0 fully saturated rings. The number of hydrogen-bond donors (Lipinski definition) is 0. The molecule has 0 atom stereocenters. The van der Waals surface area contributed by atoms with E-state index in [2.05, 4.69) is 18.7 Å². The minimum atomic E-state index is -0.449. The molecule has 0 saturated heterocycles. The topological polar surface area (TPSA) is 88.8 Å². The molecule has 0 unspecified atom stereocenters.